The second-order valence-electron chi connectivity index (χ2n) is 3.73. The Hall–Kier alpha value is -1.53. The van der Waals surface area contributed by atoms with Crippen molar-refractivity contribution in [3.8, 4) is 11.4 Å². The van der Waals surface area contributed by atoms with Gasteiger partial charge >= 0.3 is 5.97 Å². The van der Waals surface area contributed by atoms with Crippen molar-refractivity contribution < 1.29 is 9.90 Å². The molecule has 1 aromatic carbocycles. The maximum absolute atomic E-state index is 11.0. The quantitative estimate of drug-likeness (QED) is 0.860. The average Bonchev–Trinajstić information content (AvgIpc) is 2.73. The van der Waals surface area contributed by atoms with Crippen molar-refractivity contribution in [3.05, 3.63) is 29.3 Å². The van der Waals surface area contributed by atoms with E-state index in [1.165, 1.54) is 11.8 Å². The monoisotopic (exact) mass is 297 g/mol. The summed E-state index contributed by atoms with van der Waals surface area (Å²) < 4.78 is 1.60. The van der Waals surface area contributed by atoms with E-state index >= 15 is 0 Å². The molecule has 0 fully saturated rings. The Kier molecular flexibility index (Phi) is 4.44. The van der Waals surface area contributed by atoms with Gasteiger partial charge in [0.25, 0.3) is 0 Å². The molecule has 0 aliphatic rings. The van der Waals surface area contributed by atoms with Gasteiger partial charge in [-0.15, -0.1) is 10.2 Å². The summed E-state index contributed by atoms with van der Waals surface area (Å²) >= 11 is 7.30. The van der Waals surface area contributed by atoms with E-state index in [4.69, 9.17) is 16.7 Å². The summed E-state index contributed by atoms with van der Waals surface area (Å²) in [4.78, 5) is 11.0. The molecule has 2 aromatic rings. The van der Waals surface area contributed by atoms with E-state index in [2.05, 4.69) is 10.2 Å². The zero-order valence-corrected chi connectivity index (χ0v) is 11.8. The largest absolute Gasteiger partial charge is 0.480 e. The minimum Gasteiger partial charge on any atom is -0.480 e. The fourth-order valence-corrected chi connectivity index (χ4v) is 2.40. The Morgan fingerprint density at radius 1 is 1.37 bits per heavy atom. The minimum absolute atomic E-state index is 0.159. The molecule has 0 aliphatic heterocycles. The van der Waals surface area contributed by atoms with Gasteiger partial charge in [0.15, 0.2) is 11.0 Å². The van der Waals surface area contributed by atoms with E-state index in [1.54, 1.807) is 28.8 Å². The highest BCUT2D eigenvalue weighted by Gasteiger charge is 2.16. The predicted molar refractivity (Wildman–Crippen MR) is 74.5 cm³/mol. The molecule has 0 radical (unpaired) electrons. The summed E-state index contributed by atoms with van der Waals surface area (Å²) in [6.45, 7) is 1.82. The van der Waals surface area contributed by atoms with Crippen molar-refractivity contribution in [1.82, 2.24) is 14.8 Å². The van der Waals surface area contributed by atoms with Gasteiger partial charge in [-0.05, 0) is 30.0 Å². The van der Waals surface area contributed by atoms with Gasteiger partial charge in [-0.1, -0.05) is 30.3 Å². The molecular weight excluding hydrogens is 286 g/mol. The topological polar surface area (TPSA) is 68.0 Å². The molecule has 1 heterocycles. The number of thioether (sulfide) groups is 1. The third kappa shape index (κ3) is 3.27. The van der Waals surface area contributed by atoms with Gasteiger partial charge in [-0.3, -0.25) is 9.36 Å². The van der Waals surface area contributed by atoms with E-state index in [0.717, 1.165) is 11.3 Å². The predicted octanol–water partition coefficient (Wildman–Crippen LogP) is 2.80. The van der Waals surface area contributed by atoms with E-state index < -0.39 is 5.97 Å². The molecule has 0 spiro atoms. The highest BCUT2D eigenvalue weighted by atomic mass is 35.5. The van der Waals surface area contributed by atoms with Gasteiger partial charge in [0, 0.05) is 10.6 Å². The number of aromatic nitrogens is 3. The number of aliphatic carboxylic acids is 1. The van der Waals surface area contributed by atoms with Crippen molar-refractivity contribution in [1.29, 1.82) is 0 Å². The highest BCUT2D eigenvalue weighted by molar-refractivity contribution is 7.99. The van der Waals surface area contributed by atoms with E-state index in [-0.39, 0.29) is 6.54 Å². The van der Waals surface area contributed by atoms with Gasteiger partial charge in [-0.25, -0.2) is 0 Å². The van der Waals surface area contributed by atoms with Crippen LogP contribution in [0.15, 0.2) is 29.4 Å². The van der Waals surface area contributed by atoms with E-state index in [0.29, 0.717) is 16.0 Å². The maximum Gasteiger partial charge on any atom is 0.323 e. The van der Waals surface area contributed by atoms with Gasteiger partial charge in [0.1, 0.15) is 6.54 Å². The van der Waals surface area contributed by atoms with Crippen LogP contribution in [0.2, 0.25) is 5.02 Å². The number of carboxylic acids is 1. The van der Waals surface area contributed by atoms with Crippen LogP contribution in [-0.2, 0) is 11.3 Å². The fraction of sp³-hybridized carbons (Fsp3) is 0.250. The molecule has 0 aliphatic carbocycles. The first-order valence-electron chi connectivity index (χ1n) is 5.65. The van der Waals surface area contributed by atoms with Crippen LogP contribution < -0.4 is 0 Å². The molecule has 0 bridgehead atoms. The van der Waals surface area contributed by atoms with Gasteiger partial charge in [-0.2, -0.15) is 0 Å². The van der Waals surface area contributed by atoms with Crippen molar-refractivity contribution in [2.75, 3.05) is 5.75 Å². The number of rotatable bonds is 5. The number of nitrogens with zero attached hydrogens (tertiary/aromatic N) is 3. The normalized spacial score (nSPS) is 10.6. The Balaban J connectivity index is 2.44. The van der Waals surface area contributed by atoms with Crippen LogP contribution in [0.4, 0.5) is 0 Å². The zero-order valence-electron chi connectivity index (χ0n) is 10.2. The van der Waals surface area contributed by atoms with Crippen molar-refractivity contribution >= 4 is 29.3 Å². The summed E-state index contributed by atoms with van der Waals surface area (Å²) in [5.41, 5.74) is 0.793. The lowest BCUT2D eigenvalue weighted by molar-refractivity contribution is -0.137. The smallest absolute Gasteiger partial charge is 0.323 e. The first kappa shape index (κ1) is 13.9. The molecule has 5 nitrogen and oxygen atoms in total. The molecule has 7 heteroatoms. The summed E-state index contributed by atoms with van der Waals surface area (Å²) in [5, 5.41) is 18.3. The molecule has 2 rings (SSSR count). The molecule has 0 amide bonds. The highest BCUT2D eigenvalue weighted by Crippen LogP contribution is 2.24. The van der Waals surface area contributed by atoms with Crippen LogP contribution in [0.3, 0.4) is 0 Å². The van der Waals surface area contributed by atoms with Crippen LogP contribution in [-0.4, -0.2) is 31.6 Å². The average molecular weight is 298 g/mol. The Morgan fingerprint density at radius 2 is 2.05 bits per heavy atom. The summed E-state index contributed by atoms with van der Waals surface area (Å²) in [6, 6.07) is 7.07. The minimum atomic E-state index is -0.923. The number of carbonyl (C=O) groups is 1. The third-order valence-corrected chi connectivity index (χ3v) is 3.49. The third-order valence-electron chi connectivity index (χ3n) is 2.39. The van der Waals surface area contributed by atoms with Crippen LogP contribution >= 0.6 is 23.4 Å². The number of hydrogen-bond acceptors (Lipinski definition) is 4. The molecule has 100 valence electrons. The van der Waals surface area contributed by atoms with Crippen LogP contribution in [0.25, 0.3) is 11.4 Å². The Morgan fingerprint density at radius 3 is 2.63 bits per heavy atom. The second-order valence-corrected chi connectivity index (χ2v) is 5.39. The number of carboxylic acid groups (broad SMARTS) is 1. The first-order chi connectivity index (χ1) is 9.11. The Bertz CT molecular complexity index is 583. The molecule has 1 aromatic heterocycles. The van der Waals surface area contributed by atoms with Crippen molar-refractivity contribution in [3.63, 3.8) is 0 Å². The lowest BCUT2D eigenvalue weighted by Crippen LogP contribution is -2.11. The second kappa shape index (κ2) is 6.08. The van der Waals surface area contributed by atoms with Gasteiger partial charge in [0.05, 0.1) is 0 Å². The molecule has 0 saturated carbocycles. The summed E-state index contributed by atoms with van der Waals surface area (Å²) in [6.07, 6.45) is 0. The number of hydrogen-bond donors (Lipinski definition) is 1. The fourth-order valence-electron chi connectivity index (χ4n) is 1.61. The molecular formula is C12H12ClN3O2S. The van der Waals surface area contributed by atoms with Crippen LogP contribution in [0, 0.1) is 0 Å². The molecule has 19 heavy (non-hydrogen) atoms. The van der Waals surface area contributed by atoms with Crippen LogP contribution in [0.1, 0.15) is 6.92 Å². The molecule has 0 saturated heterocycles. The van der Waals surface area contributed by atoms with Gasteiger partial charge < -0.3 is 5.11 Å². The van der Waals surface area contributed by atoms with Gasteiger partial charge in [0.2, 0.25) is 0 Å². The van der Waals surface area contributed by atoms with Crippen molar-refractivity contribution in [2.24, 2.45) is 0 Å². The lowest BCUT2D eigenvalue weighted by Gasteiger charge is -2.06. The number of halogens is 1. The zero-order chi connectivity index (χ0) is 13.8. The molecule has 0 atom stereocenters. The standard InChI is InChI=1S/C12H12ClN3O2S/c1-2-19-12-15-14-11(16(12)7-10(17)18)8-3-5-9(13)6-4-8/h3-6H,2,7H2,1H3,(H,17,18). The molecule has 1 N–H and O–H groups in total. The summed E-state index contributed by atoms with van der Waals surface area (Å²) in [7, 11) is 0. The first-order valence-corrected chi connectivity index (χ1v) is 7.02. The molecule has 0 unspecified atom stereocenters. The van der Waals surface area contributed by atoms with Crippen molar-refractivity contribution in [2.45, 2.75) is 18.6 Å². The number of benzene rings is 1. The van der Waals surface area contributed by atoms with Crippen LogP contribution in [0.5, 0.6) is 0 Å². The van der Waals surface area contributed by atoms with E-state index in [9.17, 15) is 4.79 Å². The Labute approximate surface area is 119 Å². The lowest BCUT2D eigenvalue weighted by atomic mass is 10.2. The van der Waals surface area contributed by atoms with E-state index in [1.807, 2.05) is 6.92 Å². The maximum atomic E-state index is 11.0. The summed E-state index contributed by atoms with van der Waals surface area (Å²) in [5.74, 6) is 0.418. The SMILES string of the molecule is CCSc1nnc(-c2ccc(Cl)cc2)n1CC(=O)O.